The minimum absolute atomic E-state index is 0.183. The minimum Gasteiger partial charge on any atom is -0.346 e. The van der Waals surface area contributed by atoms with Crippen LogP contribution in [0.25, 0.3) is 0 Å². The number of rotatable bonds is 8. The number of nitrogens with one attached hydrogen (secondary N) is 2. The summed E-state index contributed by atoms with van der Waals surface area (Å²) < 4.78 is 1.83. The van der Waals surface area contributed by atoms with Gasteiger partial charge in [-0.2, -0.15) is 0 Å². The van der Waals surface area contributed by atoms with Gasteiger partial charge in [-0.15, -0.1) is 5.10 Å². The van der Waals surface area contributed by atoms with Gasteiger partial charge < -0.3 is 10.6 Å². The summed E-state index contributed by atoms with van der Waals surface area (Å²) in [6.07, 6.45) is 6.18. The van der Waals surface area contributed by atoms with Gasteiger partial charge in [-0.1, -0.05) is 36.7 Å². The maximum Gasteiger partial charge on any atom is 0.251 e. The number of carbonyl (C=O) groups excluding carboxylic acids is 2. The van der Waals surface area contributed by atoms with Gasteiger partial charge in [0.25, 0.3) is 5.91 Å². The van der Waals surface area contributed by atoms with E-state index in [1.165, 1.54) is 24.6 Å². The zero-order valence-electron chi connectivity index (χ0n) is 16.9. The number of aromatic nitrogens is 5. The van der Waals surface area contributed by atoms with Crippen molar-refractivity contribution in [2.75, 3.05) is 11.1 Å². The molecule has 160 valence electrons. The molecule has 10 heteroatoms. The van der Waals surface area contributed by atoms with E-state index in [1.54, 1.807) is 30.5 Å². The molecule has 1 aromatic carbocycles. The molecule has 0 unspecified atom stereocenters. The van der Waals surface area contributed by atoms with Crippen molar-refractivity contribution in [3.8, 4) is 0 Å². The topological polar surface area (TPSA) is 115 Å². The average Bonchev–Trinajstić information content (AvgIpc) is 3.48. The summed E-state index contributed by atoms with van der Waals surface area (Å²) in [6.45, 7) is 0.336. The molecule has 1 aliphatic carbocycles. The van der Waals surface area contributed by atoms with Crippen molar-refractivity contribution in [1.82, 2.24) is 30.5 Å². The van der Waals surface area contributed by atoms with Crippen molar-refractivity contribution in [2.24, 2.45) is 0 Å². The normalized spacial score (nSPS) is 13.8. The third kappa shape index (κ3) is 5.66. The van der Waals surface area contributed by atoms with Crippen LogP contribution >= 0.6 is 11.8 Å². The molecule has 0 atom stereocenters. The summed E-state index contributed by atoms with van der Waals surface area (Å²) in [5.41, 5.74) is 1.80. The van der Waals surface area contributed by atoms with E-state index >= 15 is 0 Å². The fourth-order valence-corrected chi connectivity index (χ4v) is 4.24. The Morgan fingerprint density at radius 3 is 2.81 bits per heavy atom. The van der Waals surface area contributed by atoms with Crippen LogP contribution in [0, 0.1) is 0 Å². The molecule has 31 heavy (non-hydrogen) atoms. The largest absolute Gasteiger partial charge is 0.346 e. The zero-order valence-corrected chi connectivity index (χ0v) is 17.7. The number of carbonyl (C=O) groups is 2. The smallest absolute Gasteiger partial charge is 0.251 e. The van der Waals surface area contributed by atoms with Crippen molar-refractivity contribution in [1.29, 1.82) is 0 Å². The predicted octanol–water partition coefficient (Wildman–Crippen LogP) is 2.84. The third-order valence-electron chi connectivity index (χ3n) is 5.03. The van der Waals surface area contributed by atoms with E-state index in [9.17, 15) is 9.59 Å². The molecule has 2 heterocycles. The van der Waals surface area contributed by atoms with E-state index in [-0.39, 0.29) is 17.6 Å². The maximum atomic E-state index is 12.4. The first-order valence-electron chi connectivity index (χ1n) is 10.2. The molecule has 2 aromatic heterocycles. The average molecular weight is 438 g/mol. The number of amides is 2. The second kappa shape index (κ2) is 10.2. The Labute approximate surface area is 184 Å². The second-order valence-electron chi connectivity index (χ2n) is 7.27. The van der Waals surface area contributed by atoms with Crippen molar-refractivity contribution < 1.29 is 9.59 Å². The molecule has 4 rings (SSSR count). The molecule has 1 fully saturated rings. The van der Waals surface area contributed by atoms with Gasteiger partial charge in [0.15, 0.2) is 0 Å². The molecule has 0 radical (unpaired) electrons. The van der Waals surface area contributed by atoms with Crippen molar-refractivity contribution in [3.05, 3.63) is 59.9 Å². The van der Waals surface area contributed by atoms with Gasteiger partial charge in [-0.3, -0.25) is 14.6 Å². The summed E-state index contributed by atoms with van der Waals surface area (Å²) in [6, 6.07) is 12.7. The highest BCUT2D eigenvalue weighted by molar-refractivity contribution is 7.99. The molecule has 1 aliphatic rings. The first-order valence-corrected chi connectivity index (χ1v) is 11.2. The van der Waals surface area contributed by atoms with E-state index in [0.717, 1.165) is 18.5 Å². The standard InChI is InChI=1S/C21H23N7O2S/c29-19(14-31-21-25-26-27-28(21)18-9-1-2-10-18)24-16-8-5-6-15(12-16)20(30)23-13-17-7-3-4-11-22-17/h3-8,11-12,18H,1-2,9-10,13-14H2,(H,23,30)(H,24,29). The Morgan fingerprint density at radius 1 is 1.13 bits per heavy atom. The first kappa shape index (κ1) is 21.0. The Morgan fingerprint density at radius 2 is 2.00 bits per heavy atom. The molecule has 0 saturated heterocycles. The first-order chi connectivity index (χ1) is 15.2. The SMILES string of the molecule is O=C(CSc1nnnn1C1CCCC1)Nc1cccc(C(=O)NCc2ccccn2)c1. The summed E-state index contributed by atoms with van der Waals surface area (Å²) in [5, 5.41) is 18.2. The number of thioether (sulfide) groups is 1. The van der Waals surface area contributed by atoms with Crippen LogP contribution < -0.4 is 10.6 Å². The number of anilines is 1. The minimum atomic E-state index is -0.230. The van der Waals surface area contributed by atoms with Gasteiger partial charge in [0, 0.05) is 17.4 Å². The van der Waals surface area contributed by atoms with Gasteiger partial charge in [-0.25, -0.2) is 4.68 Å². The number of benzene rings is 1. The van der Waals surface area contributed by atoms with Gasteiger partial charge in [-0.05, 0) is 53.6 Å². The van der Waals surface area contributed by atoms with Gasteiger partial charge in [0.05, 0.1) is 24.0 Å². The van der Waals surface area contributed by atoms with E-state index in [4.69, 9.17) is 0 Å². The molecule has 2 amide bonds. The highest BCUT2D eigenvalue weighted by Gasteiger charge is 2.22. The number of hydrogen-bond donors (Lipinski definition) is 2. The lowest BCUT2D eigenvalue weighted by Crippen LogP contribution is -2.23. The summed E-state index contributed by atoms with van der Waals surface area (Å²) in [4.78, 5) is 29.0. The monoisotopic (exact) mass is 437 g/mol. The molecule has 2 N–H and O–H groups in total. The van der Waals surface area contributed by atoms with Crippen LogP contribution in [-0.2, 0) is 11.3 Å². The van der Waals surface area contributed by atoms with Crippen LogP contribution in [0.5, 0.6) is 0 Å². The van der Waals surface area contributed by atoms with Gasteiger partial charge in [0.1, 0.15) is 0 Å². The summed E-state index contributed by atoms with van der Waals surface area (Å²) >= 11 is 1.31. The molecular formula is C21H23N7O2S. The van der Waals surface area contributed by atoms with Crippen LogP contribution in [0.4, 0.5) is 5.69 Å². The fraction of sp³-hybridized carbons (Fsp3) is 0.333. The zero-order chi connectivity index (χ0) is 21.5. The quantitative estimate of drug-likeness (QED) is 0.521. The van der Waals surface area contributed by atoms with E-state index in [0.29, 0.717) is 29.0 Å². The molecule has 3 aromatic rings. The molecule has 0 bridgehead atoms. The van der Waals surface area contributed by atoms with Crippen LogP contribution in [0.3, 0.4) is 0 Å². The predicted molar refractivity (Wildman–Crippen MR) is 117 cm³/mol. The van der Waals surface area contributed by atoms with Gasteiger partial charge in [0.2, 0.25) is 11.1 Å². The lowest BCUT2D eigenvalue weighted by Gasteiger charge is -2.11. The molecule has 9 nitrogen and oxygen atoms in total. The van der Waals surface area contributed by atoms with Crippen molar-refractivity contribution in [2.45, 2.75) is 43.4 Å². The molecule has 0 spiro atoms. The number of pyridine rings is 1. The fourth-order valence-electron chi connectivity index (χ4n) is 3.50. The van der Waals surface area contributed by atoms with E-state index in [1.807, 2.05) is 22.9 Å². The van der Waals surface area contributed by atoms with Crippen LogP contribution in [-0.4, -0.2) is 42.8 Å². The number of hydrogen-bond acceptors (Lipinski definition) is 7. The number of tetrazole rings is 1. The molecule has 0 aliphatic heterocycles. The lowest BCUT2D eigenvalue weighted by molar-refractivity contribution is -0.113. The van der Waals surface area contributed by atoms with Crippen LogP contribution in [0.15, 0.2) is 53.8 Å². The van der Waals surface area contributed by atoms with Crippen LogP contribution in [0.2, 0.25) is 0 Å². The Balaban J connectivity index is 1.30. The van der Waals surface area contributed by atoms with Crippen LogP contribution in [0.1, 0.15) is 47.8 Å². The Kier molecular flexibility index (Phi) is 6.88. The van der Waals surface area contributed by atoms with E-state index < -0.39 is 0 Å². The maximum absolute atomic E-state index is 12.4. The lowest BCUT2D eigenvalue weighted by atomic mass is 10.2. The van der Waals surface area contributed by atoms with Crippen molar-refractivity contribution in [3.63, 3.8) is 0 Å². The Hall–Kier alpha value is -3.27. The Bertz CT molecular complexity index is 1030. The highest BCUT2D eigenvalue weighted by atomic mass is 32.2. The van der Waals surface area contributed by atoms with Gasteiger partial charge >= 0.3 is 0 Å². The summed E-state index contributed by atoms with van der Waals surface area (Å²) in [5.74, 6) is -0.229. The second-order valence-corrected chi connectivity index (χ2v) is 8.21. The highest BCUT2D eigenvalue weighted by Crippen LogP contribution is 2.31. The molecular weight excluding hydrogens is 414 g/mol. The summed E-state index contributed by atoms with van der Waals surface area (Å²) in [7, 11) is 0. The van der Waals surface area contributed by atoms with E-state index in [2.05, 4.69) is 31.1 Å². The third-order valence-corrected chi connectivity index (χ3v) is 5.96. The molecule has 1 saturated carbocycles. The number of nitrogens with zero attached hydrogens (tertiary/aromatic N) is 5. The van der Waals surface area contributed by atoms with Crippen molar-refractivity contribution >= 4 is 29.3 Å².